The third-order valence-corrected chi connectivity index (χ3v) is 4.61. The molecule has 1 N–H and O–H groups in total. The molecule has 1 aliphatic rings. The number of benzene rings is 2. The van der Waals surface area contributed by atoms with E-state index in [9.17, 15) is 9.59 Å². The number of amides is 3. The summed E-state index contributed by atoms with van der Waals surface area (Å²) in [4.78, 5) is 26.0. The quantitative estimate of drug-likeness (QED) is 0.587. The highest BCUT2D eigenvalue weighted by Gasteiger charge is 2.33. The summed E-state index contributed by atoms with van der Waals surface area (Å²) in [5.74, 6) is 0.401. The van der Waals surface area contributed by atoms with Crippen LogP contribution in [-0.4, -0.2) is 23.4 Å². The van der Waals surface area contributed by atoms with Crippen molar-refractivity contribution in [3.05, 3.63) is 69.3 Å². The van der Waals surface area contributed by atoms with Crippen LogP contribution in [0.1, 0.15) is 23.6 Å². The van der Waals surface area contributed by atoms with Gasteiger partial charge in [-0.05, 0) is 59.1 Å². The molecule has 5 nitrogen and oxygen atoms in total. The van der Waals surface area contributed by atoms with Crippen LogP contribution in [-0.2, 0) is 11.3 Å². The fraction of sp³-hybridized carbons (Fsp3) is 0.200. The standard InChI is InChI=1S/C20H19BrN2O3/c1-3-26-18-9-8-15(10-16(18)21)11-17-19(24)23(20(25)22-17)12-14-6-4-13(2)5-7-14/h4-11H,3,12H2,1-2H3,(H,22,25)/b17-11+. The molecule has 2 aromatic carbocycles. The highest BCUT2D eigenvalue weighted by Crippen LogP contribution is 2.27. The fourth-order valence-corrected chi connectivity index (χ4v) is 3.15. The van der Waals surface area contributed by atoms with E-state index < -0.39 is 6.03 Å². The summed E-state index contributed by atoms with van der Waals surface area (Å²) in [5, 5.41) is 2.65. The second-order valence-electron chi connectivity index (χ2n) is 5.99. The maximum Gasteiger partial charge on any atom is 0.329 e. The van der Waals surface area contributed by atoms with Crippen molar-refractivity contribution in [3.63, 3.8) is 0 Å². The summed E-state index contributed by atoms with van der Waals surface area (Å²) in [7, 11) is 0. The van der Waals surface area contributed by atoms with Gasteiger partial charge in [-0.2, -0.15) is 0 Å². The molecule has 2 aromatic rings. The first-order chi connectivity index (χ1) is 12.5. The number of nitrogens with one attached hydrogen (secondary N) is 1. The van der Waals surface area contributed by atoms with E-state index in [4.69, 9.17) is 4.74 Å². The van der Waals surface area contributed by atoms with E-state index in [1.807, 2.05) is 56.3 Å². The number of imide groups is 1. The monoisotopic (exact) mass is 414 g/mol. The zero-order valence-corrected chi connectivity index (χ0v) is 16.2. The molecule has 134 valence electrons. The van der Waals surface area contributed by atoms with Crippen molar-refractivity contribution in [1.82, 2.24) is 10.2 Å². The average molecular weight is 415 g/mol. The predicted octanol–water partition coefficient (Wildman–Crippen LogP) is 4.25. The number of halogens is 1. The molecule has 0 radical (unpaired) electrons. The van der Waals surface area contributed by atoms with Crippen molar-refractivity contribution < 1.29 is 14.3 Å². The van der Waals surface area contributed by atoms with Gasteiger partial charge >= 0.3 is 6.03 Å². The molecule has 26 heavy (non-hydrogen) atoms. The van der Waals surface area contributed by atoms with Gasteiger partial charge in [0, 0.05) is 0 Å². The van der Waals surface area contributed by atoms with Crippen LogP contribution in [0, 0.1) is 6.92 Å². The highest BCUT2D eigenvalue weighted by molar-refractivity contribution is 9.10. The van der Waals surface area contributed by atoms with Crippen molar-refractivity contribution in [2.45, 2.75) is 20.4 Å². The molecule has 0 saturated carbocycles. The number of aryl methyl sites for hydroxylation is 1. The largest absolute Gasteiger partial charge is 0.493 e. The van der Waals surface area contributed by atoms with Gasteiger partial charge in [0.2, 0.25) is 0 Å². The topological polar surface area (TPSA) is 58.6 Å². The van der Waals surface area contributed by atoms with Crippen molar-refractivity contribution in [1.29, 1.82) is 0 Å². The molecule has 0 unspecified atom stereocenters. The lowest BCUT2D eigenvalue weighted by Crippen LogP contribution is -2.30. The number of nitrogens with zero attached hydrogens (tertiary/aromatic N) is 1. The first-order valence-corrected chi connectivity index (χ1v) is 9.09. The summed E-state index contributed by atoms with van der Waals surface area (Å²) < 4.78 is 6.27. The fourth-order valence-electron chi connectivity index (χ4n) is 2.64. The Labute approximate surface area is 160 Å². The van der Waals surface area contributed by atoms with E-state index in [1.165, 1.54) is 4.90 Å². The van der Waals surface area contributed by atoms with Crippen molar-refractivity contribution in [2.24, 2.45) is 0 Å². The molecule has 0 spiro atoms. The van der Waals surface area contributed by atoms with Crippen LogP contribution in [0.2, 0.25) is 0 Å². The molecule has 0 atom stereocenters. The predicted molar refractivity (Wildman–Crippen MR) is 104 cm³/mol. The molecule has 3 amide bonds. The molecule has 6 heteroatoms. The summed E-state index contributed by atoms with van der Waals surface area (Å²) in [6, 6.07) is 12.9. The highest BCUT2D eigenvalue weighted by atomic mass is 79.9. The van der Waals surface area contributed by atoms with Gasteiger partial charge < -0.3 is 10.1 Å². The van der Waals surface area contributed by atoms with Crippen LogP contribution in [0.15, 0.2) is 52.6 Å². The van der Waals surface area contributed by atoms with Crippen LogP contribution >= 0.6 is 15.9 Å². The molecule has 1 aliphatic heterocycles. The Bertz CT molecular complexity index is 875. The minimum absolute atomic E-state index is 0.245. The molecule has 1 fully saturated rings. The molecular weight excluding hydrogens is 396 g/mol. The molecule has 0 bridgehead atoms. The molecule has 0 aromatic heterocycles. The Kier molecular flexibility index (Phi) is 5.42. The maximum absolute atomic E-state index is 12.6. The average Bonchev–Trinajstić information content (AvgIpc) is 2.87. The number of hydrogen-bond donors (Lipinski definition) is 1. The minimum atomic E-state index is -0.410. The molecule has 1 heterocycles. The SMILES string of the molecule is CCOc1ccc(/C=C2/NC(=O)N(Cc3ccc(C)cc3)C2=O)cc1Br. The van der Waals surface area contributed by atoms with E-state index in [-0.39, 0.29) is 18.1 Å². The van der Waals surface area contributed by atoms with Gasteiger partial charge in [0.1, 0.15) is 11.4 Å². The molecule has 3 rings (SSSR count). The van der Waals surface area contributed by atoms with Gasteiger partial charge in [0.15, 0.2) is 0 Å². The Morgan fingerprint density at radius 2 is 1.88 bits per heavy atom. The van der Waals surface area contributed by atoms with Gasteiger partial charge in [0.05, 0.1) is 17.6 Å². The second-order valence-corrected chi connectivity index (χ2v) is 6.84. The van der Waals surface area contributed by atoms with Crippen LogP contribution in [0.3, 0.4) is 0 Å². The van der Waals surface area contributed by atoms with Crippen LogP contribution < -0.4 is 10.1 Å². The van der Waals surface area contributed by atoms with E-state index in [0.717, 1.165) is 26.9 Å². The number of carbonyl (C=O) groups excluding carboxylic acids is 2. The summed E-state index contributed by atoms with van der Waals surface area (Å²) in [5.41, 5.74) is 3.09. The Morgan fingerprint density at radius 1 is 1.15 bits per heavy atom. The third kappa shape index (κ3) is 3.96. The number of rotatable bonds is 5. The lowest BCUT2D eigenvalue weighted by molar-refractivity contribution is -0.123. The van der Waals surface area contributed by atoms with Crippen molar-refractivity contribution in [2.75, 3.05) is 6.61 Å². The summed E-state index contributed by atoms with van der Waals surface area (Å²) in [6.45, 7) is 4.72. The minimum Gasteiger partial charge on any atom is -0.493 e. The van der Waals surface area contributed by atoms with E-state index >= 15 is 0 Å². The molecule has 1 saturated heterocycles. The van der Waals surface area contributed by atoms with Crippen LogP contribution in [0.5, 0.6) is 5.75 Å². The molecular formula is C20H19BrN2O3. The second kappa shape index (κ2) is 7.74. The van der Waals surface area contributed by atoms with Crippen molar-refractivity contribution >= 4 is 33.9 Å². The van der Waals surface area contributed by atoms with Gasteiger partial charge in [-0.25, -0.2) is 4.79 Å². The first kappa shape index (κ1) is 18.2. The Morgan fingerprint density at radius 3 is 2.54 bits per heavy atom. The number of ether oxygens (including phenoxy) is 1. The normalized spacial score (nSPS) is 15.5. The van der Waals surface area contributed by atoms with Gasteiger partial charge in [-0.15, -0.1) is 0 Å². The first-order valence-electron chi connectivity index (χ1n) is 8.30. The number of carbonyl (C=O) groups is 2. The number of urea groups is 1. The van der Waals surface area contributed by atoms with E-state index in [0.29, 0.717) is 6.61 Å². The lowest BCUT2D eigenvalue weighted by atomic mass is 10.1. The molecule has 0 aliphatic carbocycles. The summed E-state index contributed by atoms with van der Waals surface area (Å²) >= 11 is 3.45. The third-order valence-electron chi connectivity index (χ3n) is 3.99. The van der Waals surface area contributed by atoms with Gasteiger partial charge in [-0.3, -0.25) is 9.69 Å². The Hall–Kier alpha value is -2.60. The zero-order valence-electron chi connectivity index (χ0n) is 14.6. The van der Waals surface area contributed by atoms with Gasteiger partial charge in [0.25, 0.3) is 5.91 Å². The number of hydrogen-bond acceptors (Lipinski definition) is 3. The maximum atomic E-state index is 12.6. The van der Waals surface area contributed by atoms with Gasteiger partial charge in [-0.1, -0.05) is 35.9 Å². The van der Waals surface area contributed by atoms with Crippen LogP contribution in [0.4, 0.5) is 4.79 Å². The lowest BCUT2D eigenvalue weighted by Gasteiger charge is -2.11. The van der Waals surface area contributed by atoms with Crippen molar-refractivity contribution in [3.8, 4) is 5.75 Å². The summed E-state index contributed by atoms with van der Waals surface area (Å²) in [6.07, 6.45) is 1.66. The van der Waals surface area contributed by atoms with Crippen LogP contribution in [0.25, 0.3) is 6.08 Å². The smallest absolute Gasteiger partial charge is 0.329 e. The Balaban J connectivity index is 1.78. The van der Waals surface area contributed by atoms with E-state index in [2.05, 4.69) is 21.2 Å². The zero-order chi connectivity index (χ0) is 18.7. The van der Waals surface area contributed by atoms with E-state index in [1.54, 1.807) is 6.08 Å².